The van der Waals surface area contributed by atoms with Crippen LogP contribution in [-0.4, -0.2) is 6.04 Å². The molecule has 0 aliphatic rings. The summed E-state index contributed by atoms with van der Waals surface area (Å²) < 4.78 is 5.73. The molecule has 0 saturated heterocycles. The first-order valence-corrected chi connectivity index (χ1v) is 7.80. The maximum atomic E-state index is 6.25. The highest BCUT2D eigenvalue weighted by Crippen LogP contribution is 2.35. The van der Waals surface area contributed by atoms with Crippen molar-refractivity contribution in [2.75, 3.05) is 0 Å². The van der Waals surface area contributed by atoms with Crippen LogP contribution in [0.15, 0.2) is 36.4 Å². The zero-order valence-corrected chi connectivity index (χ0v) is 13.8. The number of hydrogen-bond donors (Lipinski definition) is 1. The van der Waals surface area contributed by atoms with E-state index in [2.05, 4.69) is 6.92 Å². The Labute approximate surface area is 139 Å². The summed E-state index contributed by atoms with van der Waals surface area (Å²) in [6.07, 6.45) is 1.72. The van der Waals surface area contributed by atoms with Gasteiger partial charge in [-0.1, -0.05) is 47.8 Å². The van der Waals surface area contributed by atoms with Crippen LogP contribution in [0.5, 0.6) is 11.5 Å². The lowest BCUT2D eigenvalue weighted by Crippen LogP contribution is -2.21. The van der Waals surface area contributed by atoms with E-state index in [1.165, 1.54) is 0 Å². The van der Waals surface area contributed by atoms with Gasteiger partial charge < -0.3 is 10.5 Å². The van der Waals surface area contributed by atoms with E-state index in [0.29, 0.717) is 26.6 Å². The number of hydrogen-bond acceptors (Lipinski definition) is 2. The lowest BCUT2D eigenvalue weighted by molar-refractivity contribution is 0.483. The Morgan fingerprint density at radius 3 is 2.19 bits per heavy atom. The second-order valence-corrected chi connectivity index (χ2v) is 6.06. The third kappa shape index (κ3) is 4.52. The number of rotatable bonds is 5. The molecule has 2 aromatic rings. The van der Waals surface area contributed by atoms with Crippen LogP contribution in [0.3, 0.4) is 0 Å². The van der Waals surface area contributed by atoms with Crippen molar-refractivity contribution in [3.05, 3.63) is 57.0 Å². The van der Waals surface area contributed by atoms with Gasteiger partial charge in [-0.05, 0) is 48.7 Å². The van der Waals surface area contributed by atoms with Gasteiger partial charge in [0.15, 0.2) is 0 Å². The van der Waals surface area contributed by atoms with Crippen molar-refractivity contribution in [2.45, 2.75) is 25.8 Å². The number of halogens is 3. The molecule has 2 aromatic carbocycles. The highest BCUT2D eigenvalue weighted by molar-refractivity contribution is 6.35. The largest absolute Gasteiger partial charge is 0.454 e. The van der Waals surface area contributed by atoms with Gasteiger partial charge in [0.2, 0.25) is 0 Å². The second-order valence-electron chi connectivity index (χ2n) is 4.81. The van der Waals surface area contributed by atoms with Crippen molar-refractivity contribution in [1.82, 2.24) is 0 Å². The van der Waals surface area contributed by atoms with Crippen LogP contribution >= 0.6 is 34.8 Å². The van der Waals surface area contributed by atoms with Crippen molar-refractivity contribution < 1.29 is 4.74 Å². The first-order chi connectivity index (χ1) is 9.99. The summed E-state index contributed by atoms with van der Waals surface area (Å²) in [6.45, 7) is 2.06. The highest BCUT2D eigenvalue weighted by Gasteiger charge is 2.09. The average molecular weight is 345 g/mol. The van der Waals surface area contributed by atoms with Gasteiger partial charge >= 0.3 is 0 Å². The van der Waals surface area contributed by atoms with E-state index < -0.39 is 0 Å². The van der Waals surface area contributed by atoms with E-state index >= 15 is 0 Å². The van der Waals surface area contributed by atoms with Crippen molar-refractivity contribution >= 4 is 34.8 Å². The summed E-state index contributed by atoms with van der Waals surface area (Å²) in [5.41, 5.74) is 7.03. The summed E-state index contributed by atoms with van der Waals surface area (Å²) in [6, 6.07) is 10.8. The van der Waals surface area contributed by atoms with Gasteiger partial charge in [-0.15, -0.1) is 0 Å². The first kappa shape index (κ1) is 16.4. The maximum absolute atomic E-state index is 6.25. The van der Waals surface area contributed by atoms with Gasteiger partial charge in [0.05, 0.1) is 10.0 Å². The molecule has 5 heteroatoms. The number of ether oxygens (including phenoxy) is 1. The van der Waals surface area contributed by atoms with Crippen LogP contribution in [0.4, 0.5) is 0 Å². The molecule has 0 saturated carbocycles. The lowest BCUT2D eigenvalue weighted by atomic mass is 10.0. The minimum Gasteiger partial charge on any atom is -0.454 e. The summed E-state index contributed by atoms with van der Waals surface area (Å²) in [5.74, 6) is 1.07. The van der Waals surface area contributed by atoms with Gasteiger partial charge in [0.1, 0.15) is 11.5 Å². The minimum absolute atomic E-state index is 0.138. The van der Waals surface area contributed by atoms with E-state index in [-0.39, 0.29) is 6.04 Å². The van der Waals surface area contributed by atoms with Gasteiger partial charge in [-0.2, -0.15) is 0 Å². The van der Waals surface area contributed by atoms with Crippen molar-refractivity contribution in [1.29, 1.82) is 0 Å². The molecule has 0 aliphatic carbocycles. The topological polar surface area (TPSA) is 35.2 Å². The van der Waals surface area contributed by atoms with E-state index in [1.807, 2.05) is 18.2 Å². The zero-order valence-electron chi connectivity index (χ0n) is 11.6. The number of benzene rings is 2. The van der Waals surface area contributed by atoms with Gasteiger partial charge in [-0.3, -0.25) is 0 Å². The fraction of sp³-hybridized carbons (Fsp3) is 0.250. The average Bonchev–Trinajstić information content (AvgIpc) is 2.44. The third-order valence-corrected chi connectivity index (χ3v) is 3.96. The molecule has 0 aliphatic heterocycles. The van der Waals surface area contributed by atoms with Crippen molar-refractivity contribution in [3.63, 3.8) is 0 Å². The molecule has 2 N–H and O–H groups in total. The molecule has 0 bridgehead atoms. The Kier molecular flexibility index (Phi) is 5.77. The molecule has 2 rings (SSSR count). The van der Waals surface area contributed by atoms with E-state index in [4.69, 9.17) is 45.3 Å². The highest BCUT2D eigenvalue weighted by atomic mass is 35.5. The Morgan fingerprint density at radius 1 is 1.00 bits per heavy atom. The standard InChI is InChI=1S/C16H16Cl3NO/c1-2-12(20)7-10-3-5-15(13(18)8-10)21-16-6-4-11(17)9-14(16)19/h3-6,8-9,12H,2,7,20H2,1H3. The Balaban J connectivity index is 2.17. The minimum atomic E-state index is 0.138. The molecule has 21 heavy (non-hydrogen) atoms. The van der Waals surface area contributed by atoms with E-state index in [9.17, 15) is 0 Å². The third-order valence-electron chi connectivity index (χ3n) is 3.13. The van der Waals surface area contributed by atoms with Crippen LogP contribution in [0.2, 0.25) is 15.1 Å². The Morgan fingerprint density at radius 2 is 1.62 bits per heavy atom. The molecule has 2 nitrogen and oxygen atoms in total. The monoisotopic (exact) mass is 343 g/mol. The fourth-order valence-electron chi connectivity index (χ4n) is 1.88. The normalized spacial score (nSPS) is 12.2. The van der Waals surface area contributed by atoms with Crippen molar-refractivity contribution in [2.24, 2.45) is 5.73 Å². The summed E-state index contributed by atoms with van der Waals surface area (Å²) >= 11 is 18.2. The molecule has 0 fully saturated rings. The van der Waals surface area contributed by atoms with Crippen molar-refractivity contribution in [3.8, 4) is 11.5 Å². The molecule has 112 valence electrons. The summed E-state index contributed by atoms with van der Waals surface area (Å²) in [7, 11) is 0. The zero-order chi connectivity index (χ0) is 15.4. The molecule has 0 radical (unpaired) electrons. The van der Waals surface area contributed by atoms with Crippen LogP contribution in [-0.2, 0) is 6.42 Å². The van der Waals surface area contributed by atoms with E-state index in [1.54, 1.807) is 18.2 Å². The molecular weight excluding hydrogens is 329 g/mol. The molecule has 0 aromatic heterocycles. The summed E-state index contributed by atoms with van der Waals surface area (Å²) in [5, 5.41) is 1.53. The smallest absolute Gasteiger partial charge is 0.146 e. The molecule has 0 heterocycles. The van der Waals surface area contributed by atoms with Crippen LogP contribution in [0.1, 0.15) is 18.9 Å². The predicted octanol–water partition coefficient (Wildman–Crippen LogP) is 5.72. The molecule has 1 unspecified atom stereocenters. The molecule has 0 amide bonds. The predicted molar refractivity (Wildman–Crippen MR) is 90.0 cm³/mol. The Hall–Kier alpha value is -0.930. The van der Waals surface area contributed by atoms with Crippen LogP contribution < -0.4 is 10.5 Å². The van der Waals surface area contributed by atoms with Crippen LogP contribution in [0, 0.1) is 0 Å². The molecule has 1 atom stereocenters. The molecule has 0 spiro atoms. The maximum Gasteiger partial charge on any atom is 0.146 e. The lowest BCUT2D eigenvalue weighted by Gasteiger charge is -2.12. The molecular formula is C16H16Cl3NO. The van der Waals surface area contributed by atoms with Gasteiger partial charge in [-0.25, -0.2) is 0 Å². The first-order valence-electron chi connectivity index (χ1n) is 6.66. The Bertz CT molecular complexity index is 631. The van der Waals surface area contributed by atoms with Crippen LogP contribution in [0.25, 0.3) is 0 Å². The quantitative estimate of drug-likeness (QED) is 0.753. The summed E-state index contributed by atoms with van der Waals surface area (Å²) in [4.78, 5) is 0. The fourth-order valence-corrected chi connectivity index (χ4v) is 2.57. The second kappa shape index (κ2) is 7.37. The SMILES string of the molecule is CCC(N)Cc1ccc(Oc2ccc(Cl)cc2Cl)c(Cl)c1. The number of nitrogens with two attached hydrogens (primary N) is 1. The van der Waals surface area contributed by atoms with Gasteiger partial charge in [0, 0.05) is 11.1 Å². The van der Waals surface area contributed by atoms with Gasteiger partial charge in [0.25, 0.3) is 0 Å². The van der Waals surface area contributed by atoms with E-state index in [0.717, 1.165) is 18.4 Å².